The second-order valence-corrected chi connectivity index (χ2v) is 14.1. The normalized spacial score (nSPS) is 13.1. The van der Waals surface area contributed by atoms with Crippen molar-refractivity contribution in [2.75, 3.05) is 4.90 Å². The van der Waals surface area contributed by atoms with Crippen molar-refractivity contribution in [3.05, 3.63) is 187 Å². The van der Waals surface area contributed by atoms with Crippen LogP contribution in [0, 0.1) is 0 Å². The molecule has 0 atom stereocenters. The number of hydrogen-bond donors (Lipinski definition) is 0. The monoisotopic (exact) mass is 653 g/mol. The minimum Gasteiger partial charge on any atom is -0.455 e. The lowest BCUT2D eigenvalue weighted by Crippen LogP contribution is -2.16. The molecule has 0 spiro atoms. The summed E-state index contributed by atoms with van der Waals surface area (Å²) in [7, 11) is 0. The van der Waals surface area contributed by atoms with E-state index in [1.54, 1.807) is 0 Å². The van der Waals surface area contributed by atoms with Crippen LogP contribution in [0.15, 0.2) is 180 Å². The zero-order valence-electron chi connectivity index (χ0n) is 28.6. The molecule has 10 rings (SSSR count). The predicted octanol–water partition coefficient (Wildman–Crippen LogP) is 13.8. The average Bonchev–Trinajstić information content (AvgIpc) is 3.69. The average molecular weight is 654 g/mol. The Bertz CT molecular complexity index is 2780. The van der Waals surface area contributed by atoms with Gasteiger partial charge < -0.3 is 9.32 Å². The molecule has 0 amide bonds. The standard InChI is InChI=1S/C49H35NO/c1-49(2)40-25-11-8-22-38(40)46-41(49)26-15-28-43(46)50(42-27-12-9-21-37(42)36-24-14-19-32-18-6-7-20-34(32)36)44-31-30-35(33-16-4-3-5-17-33)48-47(44)39-23-10-13-29-45(39)51-48/h3-31H,1-2H3. The van der Waals surface area contributed by atoms with Gasteiger partial charge in [-0.25, -0.2) is 0 Å². The van der Waals surface area contributed by atoms with E-state index in [1.165, 1.54) is 44.2 Å². The van der Waals surface area contributed by atoms with Gasteiger partial charge in [0, 0.05) is 27.5 Å². The van der Waals surface area contributed by atoms with Crippen molar-refractivity contribution < 1.29 is 4.42 Å². The van der Waals surface area contributed by atoms with Crippen LogP contribution < -0.4 is 4.90 Å². The zero-order valence-corrected chi connectivity index (χ0v) is 28.6. The first-order valence-corrected chi connectivity index (χ1v) is 17.7. The van der Waals surface area contributed by atoms with Crippen LogP contribution in [0.1, 0.15) is 25.0 Å². The van der Waals surface area contributed by atoms with Crippen LogP contribution in [-0.2, 0) is 5.41 Å². The van der Waals surface area contributed by atoms with Gasteiger partial charge in [-0.3, -0.25) is 0 Å². The Morgan fingerprint density at radius 3 is 1.94 bits per heavy atom. The summed E-state index contributed by atoms with van der Waals surface area (Å²) >= 11 is 0. The van der Waals surface area contributed by atoms with Gasteiger partial charge in [0.2, 0.25) is 0 Å². The van der Waals surface area contributed by atoms with Gasteiger partial charge >= 0.3 is 0 Å². The molecule has 9 aromatic rings. The molecule has 0 radical (unpaired) electrons. The van der Waals surface area contributed by atoms with E-state index in [2.05, 4.69) is 195 Å². The van der Waals surface area contributed by atoms with E-state index in [4.69, 9.17) is 4.42 Å². The van der Waals surface area contributed by atoms with Gasteiger partial charge in [0.15, 0.2) is 0 Å². The molecule has 8 aromatic carbocycles. The molecular weight excluding hydrogens is 619 g/mol. The van der Waals surface area contributed by atoms with Crippen molar-refractivity contribution in [2.45, 2.75) is 19.3 Å². The Kier molecular flexibility index (Phi) is 6.56. The topological polar surface area (TPSA) is 16.4 Å². The lowest BCUT2D eigenvalue weighted by atomic mass is 9.82. The van der Waals surface area contributed by atoms with Gasteiger partial charge in [-0.2, -0.15) is 0 Å². The molecule has 1 aromatic heterocycles. The first-order valence-electron chi connectivity index (χ1n) is 17.7. The second kappa shape index (κ2) is 11.3. The summed E-state index contributed by atoms with van der Waals surface area (Å²) in [4.78, 5) is 2.51. The van der Waals surface area contributed by atoms with Gasteiger partial charge in [0.05, 0.1) is 22.4 Å². The Morgan fingerprint density at radius 2 is 1.06 bits per heavy atom. The van der Waals surface area contributed by atoms with Crippen molar-refractivity contribution in [3.63, 3.8) is 0 Å². The first kappa shape index (κ1) is 29.5. The third-order valence-electron chi connectivity index (χ3n) is 10.9. The molecule has 0 N–H and O–H groups in total. The molecule has 1 aliphatic carbocycles. The van der Waals surface area contributed by atoms with Crippen LogP contribution in [0.4, 0.5) is 17.1 Å². The van der Waals surface area contributed by atoms with Gasteiger partial charge in [-0.1, -0.05) is 159 Å². The molecule has 0 bridgehead atoms. The van der Waals surface area contributed by atoms with Crippen LogP contribution in [0.2, 0.25) is 0 Å². The van der Waals surface area contributed by atoms with E-state index in [9.17, 15) is 0 Å². The molecule has 1 heterocycles. The number of furan rings is 1. The third-order valence-corrected chi connectivity index (χ3v) is 10.9. The molecule has 2 nitrogen and oxygen atoms in total. The minimum atomic E-state index is -0.141. The predicted molar refractivity (Wildman–Crippen MR) is 214 cm³/mol. The molecule has 0 saturated heterocycles. The summed E-state index contributed by atoms with van der Waals surface area (Å²) in [5.74, 6) is 0. The van der Waals surface area contributed by atoms with Gasteiger partial charge in [0.25, 0.3) is 0 Å². The summed E-state index contributed by atoms with van der Waals surface area (Å²) in [6.07, 6.45) is 0. The Morgan fingerprint density at radius 1 is 0.431 bits per heavy atom. The van der Waals surface area contributed by atoms with Crippen molar-refractivity contribution >= 4 is 49.8 Å². The number of anilines is 3. The SMILES string of the molecule is CC1(C)c2ccccc2-c2c(N(c3ccccc3-c3cccc4ccccc34)c3ccc(-c4ccccc4)c4oc5ccccc5c34)cccc21. The molecule has 1 aliphatic rings. The molecule has 0 aliphatic heterocycles. The van der Waals surface area contributed by atoms with Crippen LogP contribution in [0.5, 0.6) is 0 Å². The molecular formula is C49H35NO. The Labute approximate surface area is 297 Å². The fourth-order valence-corrected chi connectivity index (χ4v) is 8.51. The highest BCUT2D eigenvalue weighted by Gasteiger charge is 2.38. The lowest BCUT2D eigenvalue weighted by Gasteiger charge is -2.31. The number of benzene rings is 8. The van der Waals surface area contributed by atoms with E-state index in [1.807, 2.05) is 0 Å². The van der Waals surface area contributed by atoms with Crippen LogP contribution in [0.3, 0.4) is 0 Å². The smallest absolute Gasteiger partial charge is 0.145 e. The van der Waals surface area contributed by atoms with Crippen molar-refractivity contribution in [3.8, 4) is 33.4 Å². The molecule has 0 unspecified atom stereocenters. The highest BCUT2D eigenvalue weighted by Crippen LogP contribution is 2.56. The quantitative estimate of drug-likeness (QED) is 0.184. The minimum absolute atomic E-state index is 0.141. The van der Waals surface area contributed by atoms with Crippen LogP contribution >= 0.6 is 0 Å². The summed E-state index contributed by atoms with van der Waals surface area (Å²) in [6, 6.07) is 63.6. The van der Waals surface area contributed by atoms with E-state index in [0.29, 0.717) is 0 Å². The largest absolute Gasteiger partial charge is 0.455 e. The fourth-order valence-electron chi connectivity index (χ4n) is 8.51. The number of fused-ring (bicyclic) bond motifs is 7. The van der Waals surface area contributed by atoms with Gasteiger partial charge in [0.1, 0.15) is 11.2 Å². The van der Waals surface area contributed by atoms with Crippen molar-refractivity contribution in [1.29, 1.82) is 0 Å². The number of rotatable bonds is 5. The number of hydrogen-bond acceptors (Lipinski definition) is 2. The van der Waals surface area contributed by atoms with E-state index < -0.39 is 0 Å². The molecule has 242 valence electrons. The van der Waals surface area contributed by atoms with Crippen molar-refractivity contribution in [1.82, 2.24) is 0 Å². The van der Waals surface area contributed by atoms with Crippen molar-refractivity contribution in [2.24, 2.45) is 0 Å². The molecule has 2 heteroatoms. The maximum atomic E-state index is 6.83. The first-order chi connectivity index (χ1) is 25.1. The third kappa shape index (κ3) is 4.43. The van der Waals surface area contributed by atoms with Gasteiger partial charge in [-0.15, -0.1) is 0 Å². The maximum Gasteiger partial charge on any atom is 0.145 e. The summed E-state index contributed by atoms with van der Waals surface area (Å²) in [6.45, 7) is 4.71. The van der Waals surface area contributed by atoms with Crippen LogP contribution in [0.25, 0.3) is 66.1 Å². The number of nitrogens with zero attached hydrogens (tertiary/aromatic N) is 1. The Hall–Kier alpha value is -6.38. The van der Waals surface area contributed by atoms with Gasteiger partial charge in [-0.05, 0) is 68.9 Å². The summed E-state index contributed by atoms with van der Waals surface area (Å²) in [5.41, 5.74) is 14.8. The van der Waals surface area contributed by atoms with Crippen LogP contribution in [-0.4, -0.2) is 0 Å². The fraction of sp³-hybridized carbons (Fsp3) is 0.0612. The molecule has 0 fully saturated rings. The highest BCUT2D eigenvalue weighted by atomic mass is 16.3. The van der Waals surface area contributed by atoms with E-state index in [-0.39, 0.29) is 5.41 Å². The summed E-state index contributed by atoms with van der Waals surface area (Å²) in [5, 5.41) is 4.66. The summed E-state index contributed by atoms with van der Waals surface area (Å²) < 4.78 is 6.83. The highest BCUT2D eigenvalue weighted by molar-refractivity contribution is 6.18. The molecule has 0 saturated carbocycles. The van der Waals surface area contributed by atoms with E-state index in [0.717, 1.165) is 50.1 Å². The lowest BCUT2D eigenvalue weighted by molar-refractivity contribution is 0.660. The Balaban J connectivity index is 1.35. The molecule has 51 heavy (non-hydrogen) atoms. The number of para-hydroxylation sites is 2. The maximum absolute atomic E-state index is 6.83. The van der Waals surface area contributed by atoms with E-state index >= 15 is 0 Å². The second-order valence-electron chi connectivity index (χ2n) is 14.1. The zero-order chi connectivity index (χ0) is 34.1.